The fraction of sp³-hybridized carbons (Fsp3) is 0.263. The van der Waals surface area contributed by atoms with Crippen LogP contribution < -0.4 is 21.3 Å². The van der Waals surface area contributed by atoms with Crippen molar-refractivity contribution in [3.05, 3.63) is 68.5 Å². The van der Waals surface area contributed by atoms with Crippen LogP contribution in [-0.4, -0.2) is 27.6 Å². The number of pyridine rings is 1. The highest BCUT2D eigenvalue weighted by Gasteiger charge is 2.13. The van der Waals surface area contributed by atoms with E-state index in [-0.39, 0.29) is 22.5 Å². The lowest BCUT2D eigenvalue weighted by atomic mass is 10.2. The molecular formula is C19H20N4O4. The molecule has 0 aliphatic heterocycles. The molecule has 2 aromatic heterocycles. The van der Waals surface area contributed by atoms with Crippen molar-refractivity contribution >= 4 is 16.9 Å². The number of H-pyrrole nitrogens is 1. The molecule has 27 heavy (non-hydrogen) atoms. The van der Waals surface area contributed by atoms with E-state index >= 15 is 0 Å². The van der Waals surface area contributed by atoms with Crippen LogP contribution in [0.4, 0.5) is 0 Å². The van der Waals surface area contributed by atoms with Crippen LogP contribution in [0.15, 0.2) is 46.1 Å². The number of nitrogens with one attached hydrogen (secondary N) is 2. The number of aromatic nitrogens is 3. The average molecular weight is 368 g/mol. The third-order valence-electron chi connectivity index (χ3n) is 4.13. The first-order chi connectivity index (χ1) is 13.0. The van der Waals surface area contributed by atoms with Crippen molar-refractivity contribution in [3.63, 3.8) is 0 Å². The maximum atomic E-state index is 12.4. The third-order valence-corrected chi connectivity index (χ3v) is 4.13. The van der Waals surface area contributed by atoms with Gasteiger partial charge in [-0.1, -0.05) is 19.1 Å². The number of rotatable bonds is 6. The predicted molar refractivity (Wildman–Crippen MR) is 101 cm³/mol. The second-order valence-corrected chi connectivity index (χ2v) is 6.04. The maximum Gasteiger partial charge on any atom is 0.329 e. The van der Waals surface area contributed by atoms with E-state index in [9.17, 15) is 14.4 Å². The van der Waals surface area contributed by atoms with Gasteiger partial charge in [-0.15, -0.1) is 0 Å². The number of amides is 1. The Labute approximate surface area is 154 Å². The zero-order valence-electron chi connectivity index (χ0n) is 15.1. The summed E-state index contributed by atoms with van der Waals surface area (Å²) in [6, 6.07) is 8.81. The van der Waals surface area contributed by atoms with E-state index in [2.05, 4.69) is 15.3 Å². The molecule has 0 aliphatic carbocycles. The van der Waals surface area contributed by atoms with Crippen molar-refractivity contribution in [2.24, 2.45) is 0 Å². The van der Waals surface area contributed by atoms with Crippen LogP contribution in [0.2, 0.25) is 0 Å². The second-order valence-electron chi connectivity index (χ2n) is 6.04. The highest BCUT2D eigenvalue weighted by atomic mass is 16.5. The van der Waals surface area contributed by atoms with Gasteiger partial charge in [0.15, 0.2) is 0 Å². The molecule has 0 bridgehead atoms. The number of hydrogen-bond acceptors (Lipinski definition) is 5. The van der Waals surface area contributed by atoms with Gasteiger partial charge in [0.1, 0.15) is 11.4 Å². The van der Waals surface area contributed by atoms with E-state index in [0.29, 0.717) is 25.3 Å². The van der Waals surface area contributed by atoms with Gasteiger partial charge in [-0.25, -0.2) is 9.78 Å². The van der Waals surface area contributed by atoms with Gasteiger partial charge in [0, 0.05) is 19.3 Å². The van der Waals surface area contributed by atoms with Crippen molar-refractivity contribution in [2.75, 3.05) is 7.11 Å². The lowest BCUT2D eigenvalue weighted by molar-refractivity contribution is 0.0950. The first-order valence-corrected chi connectivity index (χ1v) is 8.57. The summed E-state index contributed by atoms with van der Waals surface area (Å²) in [4.78, 5) is 43.0. The number of aryl methyl sites for hydroxylation is 1. The normalized spacial score (nSPS) is 10.7. The molecule has 2 N–H and O–H groups in total. The summed E-state index contributed by atoms with van der Waals surface area (Å²) in [6.07, 6.45) is 2.08. The van der Waals surface area contributed by atoms with E-state index in [0.717, 1.165) is 5.56 Å². The van der Waals surface area contributed by atoms with Crippen LogP contribution in [0.3, 0.4) is 0 Å². The predicted octanol–water partition coefficient (Wildman–Crippen LogP) is 1.43. The molecule has 1 amide bonds. The van der Waals surface area contributed by atoms with Crippen molar-refractivity contribution in [1.82, 2.24) is 19.9 Å². The van der Waals surface area contributed by atoms with E-state index in [1.54, 1.807) is 7.11 Å². The Hall–Kier alpha value is -3.42. The number of fused-ring (bicyclic) bond motifs is 1. The number of carbonyl (C=O) groups excluding carboxylic acids is 1. The topological polar surface area (TPSA) is 106 Å². The minimum Gasteiger partial charge on any atom is -0.497 e. The first-order valence-electron chi connectivity index (χ1n) is 8.57. The van der Waals surface area contributed by atoms with Gasteiger partial charge in [0.05, 0.1) is 18.1 Å². The van der Waals surface area contributed by atoms with E-state index in [1.165, 1.54) is 16.8 Å². The molecule has 8 nitrogen and oxygen atoms in total. The summed E-state index contributed by atoms with van der Waals surface area (Å²) >= 11 is 0. The molecule has 2 heterocycles. The van der Waals surface area contributed by atoms with Crippen molar-refractivity contribution < 1.29 is 9.53 Å². The van der Waals surface area contributed by atoms with Gasteiger partial charge in [0.25, 0.3) is 11.5 Å². The molecule has 1 aromatic carbocycles. The fourth-order valence-corrected chi connectivity index (χ4v) is 2.79. The maximum absolute atomic E-state index is 12.4. The monoisotopic (exact) mass is 368 g/mol. The lowest BCUT2D eigenvalue weighted by Gasteiger charge is -2.09. The molecule has 0 aliphatic rings. The number of carbonyl (C=O) groups is 1. The van der Waals surface area contributed by atoms with Crippen LogP contribution in [-0.2, 0) is 13.1 Å². The number of nitrogens with zero attached hydrogens (tertiary/aromatic N) is 2. The molecule has 3 rings (SSSR count). The van der Waals surface area contributed by atoms with Crippen LogP contribution in [0.1, 0.15) is 29.3 Å². The number of benzene rings is 1. The number of aromatic amines is 1. The molecule has 0 unspecified atom stereocenters. The SMILES string of the molecule is CCCn1c(=O)[nH]c(=O)c2cc(C(=O)NCc3cccc(OC)c3)cnc21. The summed E-state index contributed by atoms with van der Waals surface area (Å²) < 4.78 is 6.56. The Morgan fingerprint density at radius 3 is 2.85 bits per heavy atom. The smallest absolute Gasteiger partial charge is 0.329 e. The van der Waals surface area contributed by atoms with Crippen LogP contribution >= 0.6 is 0 Å². The van der Waals surface area contributed by atoms with Gasteiger partial charge < -0.3 is 10.1 Å². The summed E-state index contributed by atoms with van der Waals surface area (Å²) in [5.41, 5.74) is 0.341. The summed E-state index contributed by atoms with van der Waals surface area (Å²) in [7, 11) is 1.58. The lowest BCUT2D eigenvalue weighted by Crippen LogP contribution is -2.31. The molecule has 0 radical (unpaired) electrons. The van der Waals surface area contributed by atoms with Crippen molar-refractivity contribution in [2.45, 2.75) is 26.4 Å². The molecule has 0 fully saturated rings. The summed E-state index contributed by atoms with van der Waals surface area (Å²) in [5.74, 6) is 0.342. The quantitative estimate of drug-likeness (QED) is 0.685. The van der Waals surface area contributed by atoms with Crippen molar-refractivity contribution in [3.8, 4) is 5.75 Å². The Morgan fingerprint density at radius 2 is 2.11 bits per heavy atom. The molecule has 0 atom stereocenters. The average Bonchev–Trinajstić information content (AvgIpc) is 2.69. The Morgan fingerprint density at radius 1 is 1.30 bits per heavy atom. The van der Waals surface area contributed by atoms with Gasteiger partial charge in [-0.05, 0) is 30.2 Å². The van der Waals surface area contributed by atoms with E-state index < -0.39 is 11.2 Å². The fourth-order valence-electron chi connectivity index (χ4n) is 2.79. The Bertz CT molecular complexity index is 1100. The molecular weight excluding hydrogens is 348 g/mol. The molecule has 0 spiro atoms. The first kappa shape index (κ1) is 18.4. The number of methoxy groups -OCH3 is 1. The highest BCUT2D eigenvalue weighted by Crippen LogP contribution is 2.13. The number of ether oxygens (including phenoxy) is 1. The molecule has 0 saturated carbocycles. The van der Waals surface area contributed by atoms with Crippen LogP contribution in [0.5, 0.6) is 5.75 Å². The molecule has 140 valence electrons. The molecule has 3 aromatic rings. The largest absolute Gasteiger partial charge is 0.497 e. The van der Waals surface area contributed by atoms with E-state index in [4.69, 9.17) is 4.74 Å². The van der Waals surface area contributed by atoms with Gasteiger partial charge in [-0.3, -0.25) is 19.1 Å². The minimum atomic E-state index is -0.558. The third kappa shape index (κ3) is 3.89. The summed E-state index contributed by atoms with van der Waals surface area (Å²) in [5, 5.41) is 2.99. The van der Waals surface area contributed by atoms with Gasteiger partial charge >= 0.3 is 5.69 Å². The molecule has 8 heteroatoms. The molecule has 0 saturated heterocycles. The number of hydrogen-bond donors (Lipinski definition) is 2. The summed E-state index contributed by atoms with van der Waals surface area (Å²) in [6.45, 7) is 2.66. The van der Waals surface area contributed by atoms with Crippen LogP contribution in [0, 0.1) is 0 Å². The zero-order valence-corrected chi connectivity index (χ0v) is 15.1. The zero-order chi connectivity index (χ0) is 19.4. The van der Waals surface area contributed by atoms with Crippen molar-refractivity contribution in [1.29, 1.82) is 0 Å². The van der Waals surface area contributed by atoms with Crippen LogP contribution in [0.25, 0.3) is 11.0 Å². The minimum absolute atomic E-state index is 0.206. The highest BCUT2D eigenvalue weighted by molar-refractivity contribution is 5.96. The Kier molecular flexibility index (Phi) is 5.35. The second kappa shape index (κ2) is 7.86. The van der Waals surface area contributed by atoms with Gasteiger partial charge in [0.2, 0.25) is 0 Å². The van der Waals surface area contributed by atoms with Gasteiger partial charge in [-0.2, -0.15) is 0 Å². The van der Waals surface area contributed by atoms with E-state index in [1.807, 2.05) is 31.2 Å². The Balaban J connectivity index is 1.87. The standard InChI is InChI=1S/C19H20N4O4/c1-3-7-23-16-15(18(25)22-19(23)26)9-13(11-20-16)17(24)21-10-12-5-4-6-14(8-12)27-2/h4-6,8-9,11H,3,7,10H2,1-2H3,(H,21,24)(H,22,25,26).